The van der Waals surface area contributed by atoms with Gasteiger partial charge in [0.15, 0.2) is 23.3 Å². The first-order valence-electron chi connectivity index (χ1n) is 6.26. The summed E-state index contributed by atoms with van der Waals surface area (Å²) in [5.41, 5.74) is -2.39. The minimum absolute atomic E-state index is 0.277. The molecule has 0 aliphatic carbocycles. The number of carbonyl (C=O) groups is 1. The maximum atomic E-state index is 13.5. The highest BCUT2D eigenvalue weighted by atomic mass is 35.5. The second-order valence-corrected chi connectivity index (χ2v) is 4.96. The first-order valence-corrected chi connectivity index (χ1v) is 6.64. The molecule has 2 aromatic rings. The summed E-state index contributed by atoms with van der Waals surface area (Å²) >= 11 is 5.55. The third-order valence-corrected chi connectivity index (χ3v) is 3.35. The lowest BCUT2D eigenvalue weighted by atomic mass is 10.1. The second-order valence-electron chi connectivity index (χ2n) is 4.55. The van der Waals surface area contributed by atoms with Crippen LogP contribution in [0.1, 0.15) is 15.9 Å². The molecule has 0 aliphatic rings. The Bertz CT molecular complexity index is 861. The van der Waals surface area contributed by atoms with Crippen LogP contribution in [-0.2, 0) is 11.3 Å². The molecule has 0 aromatic heterocycles. The van der Waals surface area contributed by atoms with E-state index in [1.165, 1.54) is 0 Å². The summed E-state index contributed by atoms with van der Waals surface area (Å²) in [6.07, 6.45) is 0. The Balaban J connectivity index is 2.27. The standard InChI is InChI=1S/C14H5ClF5NO4/c15-7-2-1-5(3-8(7)21(23)24)14(22)25-4-6-9(16)11(18)13(20)12(19)10(6)17/h1-3H,4H2. The van der Waals surface area contributed by atoms with Crippen LogP contribution in [0, 0.1) is 39.2 Å². The zero-order chi connectivity index (χ0) is 18.9. The predicted octanol–water partition coefficient (Wildman–Crippen LogP) is 4.30. The molecule has 0 fully saturated rings. The average molecular weight is 382 g/mol. The highest BCUT2D eigenvalue weighted by molar-refractivity contribution is 6.32. The van der Waals surface area contributed by atoms with E-state index >= 15 is 0 Å². The van der Waals surface area contributed by atoms with Crippen LogP contribution in [0.5, 0.6) is 0 Å². The topological polar surface area (TPSA) is 69.4 Å². The van der Waals surface area contributed by atoms with E-state index in [4.69, 9.17) is 11.6 Å². The van der Waals surface area contributed by atoms with Gasteiger partial charge in [-0.2, -0.15) is 0 Å². The van der Waals surface area contributed by atoms with Gasteiger partial charge in [-0.15, -0.1) is 0 Å². The average Bonchev–Trinajstić information content (AvgIpc) is 2.58. The molecule has 0 bridgehead atoms. The number of carbonyl (C=O) groups excluding carboxylic acids is 1. The Morgan fingerprint density at radius 1 is 1.04 bits per heavy atom. The van der Waals surface area contributed by atoms with Crippen LogP contribution in [0.25, 0.3) is 0 Å². The first-order chi connectivity index (χ1) is 11.6. The maximum Gasteiger partial charge on any atom is 0.338 e. The Morgan fingerprint density at radius 3 is 2.08 bits per heavy atom. The number of esters is 1. The van der Waals surface area contributed by atoms with Gasteiger partial charge in [0.1, 0.15) is 11.6 Å². The van der Waals surface area contributed by atoms with E-state index in [-0.39, 0.29) is 5.02 Å². The number of halogens is 6. The molecule has 25 heavy (non-hydrogen) atoms. The van der Waals surface area contributed by atoms with Gasteiger partial charge in [0.05, 0.1) is 16.1 Å². The molecule has 2 aromatic carbocycles. The molecule has 2 rings (SSSR count). The Labute approximate surface area is 140 Å². The first kappa shape index (κ1) is 18.6. The van der Waals surface area contributed by atoms with E-state index in [1.54, 1.807) is 0 Å². The van der Waals surface area contributed by atoms with Gasteiger partial charge in [-0.25, -0.2) is 26.7 Å². The number of nitro benzene ring substituents is 1. The molecule has 5 nitrogen and oxygen atoms in total. The number of rotatable bonds is 4. The van der Waals surface area contributed by atoms with Crippen molar-refractivity contribution >= 4 is 23.3 Å². The van der Waals surface area contributed by atoms with Crippen LogP contribution in [0.15, 0.2) is 18.2 Å². The predicted molar refractivity (Wildman–Crippen MR) is 73.5 cm³/mol. The van der Waals surface area contributed by atoms with E-state index in [0.29, 0.717) is 0 Å². The molecule has 0 unspecified atom stereocenters. The second kappa shape index (κ2) is 7.01. The molecule has 132 valence electrons. The SMILES string of the molecule is O=C(OCc1c(F)c(F)c(F)c(F)c1F)c1ccc(Cl)c([N+](=O)[O-])c1. The van der Waals surface area contributed by atoms with Crippen LogP contribution < -0.4 is 0 Å². The number of ether oxygens (including phenoxy) is 1. The van der Waals surface area contributed by atoms with Crippen LogP contribution in [0.3, 0.4) is 0 Å². The molecule has 0 spiro atoms. The van der Waals surface area contributed by atoms with Gasteiger partial charge in [0.2, 0.25) is 5.82 Å². The summed E-state index contributed by atoms with van der Waals surface area (Å²) in [7, 11) is 0. The molecule has 0 saturated heterocycles. The largest absolute Gasteiger partial charge is 0.457 e. The fourth-order valence-corrected chi connectivity index (χ4v) is 1.96. The van der Waals surface area contributed by atoms with Crippen molar-refractivity contribution in [3.8, 4) is 0 Å². The normalized spacial score (nSPS) is 10.6. The quantitative estimate of drug-likeness (QED) is 0.198. The number of benzene rings is 2. The molecule has 0 radical (unpaired) electrons. The van der Waals surface area contributed by atoms with Crippen molar-refractivity contribution in [1.29, 1.82) is 0 Å². The van der Waals surface area contributed by atoms with E-state index < -0.39 is 63.4 Å². The molecule has 0 amide bonds. The van der Waals surface area contributed by atoms with Crippen LogP contribution in [-0.4, -0.2) is 10.9 Å². The highest BCUT2D eigenvalue weighted by Gasteiger charge is 2.26. The maximum absolute atomic E-state index is 13.5. The van der Waals surface area contributed by atoms with Crippen molar-refractivity contribution in [1.82, 2.24) is 0 Å². The number of nitrogens with zero attached hydrogens (tertiary/aromatic N) is 1. The fraction of sp³-hybridized carbons (Fsp3) is 0.0714. The van der Waals surface area contributed by atoms with Crippen molar-refractivity contribution < 1.29 is 36.4 Å². The minimum atomic E-state index is -2.35. The molecule has 0 saturated carbocycles. The van der Waals surface area contributed by atoms with Crippen molar-refractivity contribution in [2.45, 2.75) is 6.61 Å². The lowest BCUT2D eigenvalue weighted by Gasteiger charge is -2.09. The van der Waals surface area contributed by atoms with Gasteiger partial charge in [0.25, 0.3) is 5.69 Å². The van der Waals surface area contributed by atoms with Gasteiger partial charge >= 0.3 is 5.97 Å². The number of nitro groups is 1. The van der Waals surface area contributed by atoms with Crippen molar-refractivity contribution in [2.24, 2.45) is 0 Å². The van der Waals surface area contributed by atoms with Crippen molar-refractivity contribution in [2.75, 3.05) is 0 Å². The van der Waals surface area contributed by atoms with E-state index in [2.05, 4.69) is 4.74 Å². The van der Waals surface area contributed by atoms with Crippen molar-refractivity contribution in [3.63, 3.8) is 0 Å². The molecule has 0 aliphatic heterocycles. The summed E-state index contributed by atoms with van der Waals surface area (Å²) in [6.45, 7) is -1.28. The molecular weight excluding hydrogens is 377 g/mol. The molecule has 11 heteroatoms. The summed E-state index contributed by atoms with van der Waals surface area (Å²) in [5.74, 6) is -12.3. The smallest absolute Gasteiger partial charge is 0.338 e. The van der Waals surface area contributed by atoms with Crippen LogP contribution >= 0.6 is 11.6 Å². The summed E-state index contributed by atoms with van der Waals surface area (Å²) < 4.78 is 70.4. The van der Waals surface area contributed by atoms with Crippen LogP contribution in [0.4, 0.5) is 27.6 Å². The van der Waals surface area contributed by atoms with E-state index in [0.717, 1.165) is 18.2 Å². The van der Waals surface area contributed by atoms with Gasteiger partial charge < -0.3 is 4.74 Å². The lowest BCUT2D eigenvalue weighted by Crippen LogP contribution is -2.12. The number of hydrogen-bond acceptors (Lipinski definition) is 4. The zero-order valence-electron chi connectivity index (χ0n) is 11.8. The number of hydrogen-bond donors (Lipinski definition) is 0. The van der Waals surface area contributed by atoms with Crippen molar-refractivity contribution in [3.05, 3.63) is 73.5 Å². The van der Waals surface area contributed by atoms with Gasteiger partial charge in [-0.3, -0.25) is 10.1 Å². The fourth-order valence-electron chi connectivity index (χ4n) is 1.78. The summed E-state index contributed by atoms with van der Waals surface area (Å²) in [6, 6.07) is 2.77. The monoisotopic (exact) mass is 381 g/mol. The molecule has 0 atom stereocenters. The minimum Gasteiger partial charge on any atom is -0.457 e. The van der Waals surface area contributed by atoms with Gasteiger partial charge in [-0.1, -0.05) is 11.6 Å². The lowest BCUT2D eigenvalue weighted by molar-refractivity contribution is -0.384. The van der Waals surface area contributed by atoms with E-state index in [1.807, 2.05) is 0 Å². The molecule has 0 N–H and O–H groups in total. The third-order valence-electron chi connectivity index (χ3n) is 3.03. The van der Waals surface area contributed by atoms with Gasteiger partial charge in [-0.05, 0) is 12.1 Å². The molecule has 0 heterocycles. The summed E-state index contributed by atoms with van der Waals surface area (Å²) in [4.78, 5) is 21.6. The Morgan fingerprint density at radius 2 is 1.56 bits per heavy atom. The zero-order valence-corrected chi connectivity index (χ0v) is 12.5. The molecular formula is C14H5ClF5NO4. The van der Waals surface area contributed by atoms with Gasteiger partial charge in [0, 0.05) is 6.07 Å². The highest BCUT2D eigenvalue weighted by Crippen LogP contribution is 2.26. The Kier molecular flexibility index (Phi) is 5.21. The third kappa shape index (κ3) is 3.53. The van der Waals surface area contributed by atoms with Crippen LogP contribution in [0.2, 0.25) is 5.02 Å². The summed E-state index contributed by atoms with van der Waals surface area (Å²) in [5, 5.41) is 10.4. The Hall–Kier alpha value is -2.75. The van der Waals surface area contributed by atoms with E-state index in [9.17, 15) is 36.9 Å².